The van der Waals surface area contributed by atoms with Gasteiger partial charge in [0, 0.05) is 23.2 Å². The standard InChI is InChI=1S/2C26H26FN3O/c2*27-19-7-10-24-23(13-19)21(11-12-29-24)16-3-5-18(6-4-16)26(31)25-22(17-1-2-17)9-8-20-14-28-15-30(20)25/h2*7-18,26,31H,1-6H2/t2*16?,18?,26-/m10/s1. The molecule has 0 saturated heterocycles. The number of imidazole rings is 2. The molecule has 12 rings (SSSR count). The van der Waals surface area contributed by atoms with Gasteiger partial charge in [-0.05, 0) is 195 Å². The van der Waals surface area contributed by atoms with Crippen LogP contribution in [0.2, 0.25) is 0 Å². The van der Waals surface area contributed by atoms with Crippen molar-refractivity contribution >= 4 is 32.8 Å². The number of fused-ring (bicyclic) bond motifs is 4. The van der Waals surface area contributed by atoms with Crippen LogP contribution >= 0.6 is 0 Å². The molecular weight excluding hydrogens is 779 g/mol. The van der Waals surface area contributed by atoms with Gasteiger partial charge in [-0.25, -0.2) is 18.7 Å². The molecule has 6 heterocycles. The molecule has 4 fully saturated rings. The zero-order chi connectivity index (χ0) is 41.9. The molecule has 0 unspecified atom stereocenters. The Kier molecular flexibility index (Phi) is 10.3. The van der Waals surface area contributed by atoms with E-state index in [2.05, 4.69) is 53.0 Å². The average Bonchev–Trinajstić information content (AvgIpc) is 4.24. The summed E-state index contributed by atoms with van der Waals surface area (Å²) < 4.78 is 31.9. The summed E-state index contributed by atoms with van der Waals surface area (Å²) in [6, 6.07) is 22.4. The number of nitrogens with zero attached hydrogens (tertiary/aromatic N) is 6. The van der Waals surface area contributed by atoms with E-state index in [0.29, 0.717) is 23.7 Å². The van der Waals surface area contributed by atoms with Crippen molar-refractivity contribution in [3.05, 3.63) is 156 Å². The Morgan fingerprint density at radius 3 is 1.26 bits per heavy atom. The van der Waals surface area contributed by atoms with Gasteiger partial charge in [0.15, 0.2) is 0 Å². The highest BCUT2D eigenvalue weighted by molar-refractivity contribution is 5.83. The number of hydrogen-bond donors (Lipinski definition) is 2. The molecule has 0 aliphatic heterocycles. The molecule has 0 amide bonds. The smallest absolute Gasteiger partial charge is 0.123 e. The maximum absolute atomic E-state index is 13.9. The lowest BCUT2D eigenvalue weighted by molar-refractivity contribution is 0.0754. The third-order valence-electron chi connectivity index (χ3n) is 14.7. The van der Waals surface area contributed by atoms with Crippen molar-refractivity contribution in [2.75, 3.05) is 0 Å². The molecule has 0 bridgehead atoms. The van der Waals surface area contributed by atoms with Crippen molar-refractivity contribution in [3.63, 3.8) is 0 Å². The molecule has 8 aromatic rings. The lowest BCUT2D eigenvalue weighted by atomic mass is 9.75. The Morgan fingerprint density at radius 2 is 0.855 bits per heavy atom. The van der Waals surface area contributed by atoms with Crippen LogP contribution in [0.1, 0.15) is 147 Å². The molecule has 8 nitrogen and oxygen atoms in total. The van der Waals surface area contributed by atoms with Gasteiger partial charge >= 0.3 is 0 Å². The van der Waals surface area contributed by atoms with E-state index in [1.165, 1.54) is 60.1 Å². The van der Waals surface area contributed by atoms with Crippen LogP contribution in [-0.2, 0) is 0 Å². The van der Waals surface area contributed by atoms with Gasteiger partial charge in [-0.15, -0.1) is 0 Å². The van der Waals surface area contributed by atoms with Gasteiger partial charge in [-0.2, -0.15) is 0 Å². The van der Waals surface area contributed by atoms with E-state index in [0.717, 1.165) is 95.6 Å². The van der Waals surface area contributed by atoms with Gasteiger partial charge in [-0.1, -0.05) is 12.1 Å². The van der Waals surface area contributed by atoms with E-state index in [9.17, 15) is 19.0 Å². The third kappa shape index (κ3) is 7.45. The van der Waals surface area contributed by atoms with Crippen molar-refractivity contribution in [1.82, 2.24) is 28.7 Å². The second-order valence-electron chi connectivity index (χ2n) is 18.5. The van der Waals surface area contributed by atoms with Crippen LogP contribution in [-0.4, -0.2) is 39.0 Å². The van der Waals surface area contributed by atoms with Gasteiger partial charge < -0.3 is 19.0 Å². The minimum absolute atomic E-state index is 0.216. The first-order valence-corrected chi connectivity index (χ1v) is 22.7. The molecule has 6 aromatic heterocycles. The number of pyridine rings is 4. The van der Waals surface area contributed by atoms with Gasteiger partial charge in [-0.3, -0.25) is 9.97 Å². The van der Waals surface area contributed by atoms with E-state index in [1.807, 2.05) is 49.6 Å². The maximum Gasteiger partial charge on any atom is 0.123 e. The summed E-state index contributed by atoms with van der Waals surface area (Å²) in [5.41, 5.74) is 10.8. The molecule has 10 heteroatoms. The maximum atomic E-state index is 13.9. The normalized spacial score (nSPS) is 22.8. The van der Waals surface area contributed by atoms with E-state index < -0.39 is 12.2 Å². The SMILES string of the molecule is O[C@@H](c1c(C2CC2)ccc2cncn12)C1CCC(c2ccnc3ccc(F)cc23)CC1.O[C@H](c1c(C2CC2)ccc2cncn12)C1CCC(c2ccnc3ccc(F)cc23)CC1. The van der Waals surface area contributed by atoms with Crippen molar-refractivity contribution in [2.45, 2.75) is 113 Å². The number of aromatic nitrogens is 6. The molecule has 62 heavy (non-hydrogen) atoms. The summed E-state index contributed by atoms with van der Waals surface area (Å²) in [4.78, 5) is 17.4. The first-order chi connectivity index (χ1) is 30.4. The van der Waals surface area contributed by atoms with Crippen LogP contribution in [0.15, 0.2) is 110 Å². The van der Waals surface area contributed by atoms with E-state index in [4.69, 9.17) is 0 Å². The summed E-state index contributed by atoms with van der Waals surface area (Å²) in [6.07, 6.45) is 22.7. The Balaban J connectivity index is 0.000000139. The lowest BCUT2D eigenvalue weighted by Crippen LogP contribution is -2.22. The Labute approximate surface area is 359 Å². The minimum atomic E-state index is -0.485. The Morgan fingerprint density at radius 1 is 0.468 bits per heavy atom. The molecule has 0 spiro atoms. The first kappa shape index (κ1) is 39.3. The first-order valence-electron chi connectivity index (χ1n) is 22.7. The highest BCUT2D eigenvalue weighted by Crippen LogP contribution is 2.49. The van der Waals surface area contributed by atoms with Crippen LogP contribution in [0.4, 0.5) is 8.78 Å². The zero-order valence-corrected chi connectivity index (χ0v) is 34.8. The second-order valence-corrected chi connectivity index (χ2v) is 18.5. The highest BCUT2D eigenvalue weighted by atomic mass is 19.1. The van der Waals surface area contributed by atoms with Gasteiger partial charge in [0.25, 0.3) is 0 Å². The quantitative estimate of drug-likeness (QED) is 0.158. The van der Waals surface area contributed by atoms with Gasteiger partial charge in [0.05, 0.1) is 70.7 Å². The molecule has 4 aliphatic rings. The van der Waals surface area contributed by atoms with Crippen molar-refractivity contribution in [1.29, 1.82) is 0 Å². The fourth-order valence-corrected chi connectivity index (χ4v) is 11.1. The summed E-state index contributed by atoms with van der Waals surface area (Å²) in [7, 11) is 0. The number of benzene rings is 2. The monoisotopic (exact) mass is 830 g/mol. The number of hydrogen-bond acceptors (Lipinski definition) is 6. The van der Waals surface area contributed by atoms with E-state index in [-0.39, 0.29) is 23.5 Å². The summed E-state index contributed by atoms with van der Waals surface area (Å²) in [5, 5.41) is 24.8. The number of aliphatic hydroxyl groups excluding tert-OH is 2. The predicted octanol–water partition coefficient (Wildman–Crippen LogP) is 11.8. The molecule has 2 N–H and O–H groups in total. The number of halogens is 2. The lowest BCUT2D eigenvalue weighted by Gasteiger charge is -2.33. The molecule has 2 aromatic carbocycles. The third-order valence-corrected chi connectivity index (χ3v) is 14.7. The summed E-state index contributed by atoms with van der Waals surface area (Å²) in [5.74, 6) is 1.93. The van der Waals surface area contributed by atoms with Crippen LogP contribution < -0.4 is 0 Å². The Hall–Kier alpha value is -5.58. The van der Waals surface area contributed by atoms with Crippen molar-refractivity contribution in [3.8, 4) is 0 Å². The van der Waals surface area contributed by atoms with Crippen molar-refractivity contribution < 1.29 is 19.0 Å². The van der Waals surface area contributed by atoms with E-state index in [1.54, 1.807) is 24.3 Å². The van der Waals surface area contributed by atoms with Crippen molar-refractivity contribution in [2.24, 2.45) is 11.8 Å². The zero-order valence-electron chi connectivity index (χ0n) is 34.8. The fourth-order valence-electron chi connectivity index (χ4n) is 11.1. The molecule has 2 atom stereocenters. The van der Waals surface area contributed by atoms with Crippen LogP contribution in [0.3, 0.4) is 0 Å². The molecular formula is C52H52F2N6O2. The summed E-state index contributed by atoms with van der Waals surface area (Å²) in [6.45, 7) is 0. The van der Waals surface area contributed by atoms with Gasteiger partial charge in [0.1, 0.15) is 11.6 Å². The van der Waals surface area contributed by atoms with Gasteiger partial charge in [0.2, 0.25) is 0 Å². The highest BCUT2D eigenvalue weighted by Gasteiger charge is 2.36. The molecule has 4 aliphatic carbocycles. The topological polar surface area (TPSA) is 101 Å². The van der Waals surface area contributed by atoms with Crippen LogP contribution in [0, 0.1) is 23.5 Å². The van der Waals surface area contributed by atoms with E-state index >= 15 is 0 Å². The van der Waals surface area contributed by atoms with Crippen LogP contribution in [0.5, 0.6) is 0 Å². The molecule has 316 valence electrons. The minimum Gasteiger partial charge on any atom is -0.387 e. The second kappa shape index (κ2) is 16.3. The number of aliphatic hydroxyl groups is 2. The van der Waals surface area contributed by atoms with Crippen LogP contribution in [0.25, 0.3) is 32.8 Å². The largest absolute Gasteiger partial charge is 0.387 e. The Bertz CT molecular complexity index is 2710. The molecule has 0 radical (unpaired) electrons. The summed E-state index contributed by atoms with van der Waals surface area (Å²) >= 11 is 0. The average molecular weight is 831 g/mol. The number of rotatable bonds is 8. The predicted molar refractivity (Wildman–Crippen MR) is 237 cm³/mol. The molecule has 4 saturated carbocycles. The fraction of sp³-hybridized carbons (Fsp3) is 0.385.